The Bertz CT molecular complexity index is 3800. The van der Waals surface area contributed by atoms with Crippen molar-refractivity contribution in [1.29, 1.82) is 0 Å². The SMILES string of the molecule is c1ccc([Si](c2ccccc2)(c2ccccc2)c2cccc(-n3c4ccccc4c4ccc(-n5c6ccccc6c6cccc(-c7cccc8c7sc7ccccc78)c65)cc43)c2)cc1. The second-order valence-corrected chi connectivity index (χ2v) is 21.6. The fraction of sp³-hybridized carbons (Fsp3) is 0. The van der Waals surface area contributed by atoms with Gasteiger partial charge in [0.2, 0.25) is 0 Å². The van der Waals surface area contributed by atoms with Crippen molar-refractivity contribution in [2.45, 2.75) is 0 Å². The summed E-state index contributed by atoms with van der Waals surface area (Å²) in [7, 11) is -2.78. The second-order valence-electron chi connectivity index (χ2n) is 16.8. The van der Waals surface area contributed by atoms with Crippen LogP contribution in [0.4, 0.5) is 0 Å². The van der Waals surface area contributed by atoms with Crippen molar-refractivity contribution >= 4 is 104 Å². The molecule has 2 nitrogen and oxygen atoms in total. The van der Waals surface area contributed by atoms with E-state index in [0.717, 1.165) is 11.4 Å². The van der Waals surface area contributed by atoms with Crippen LogP contribution >= 0.6 is 11.3 Å². The van der Waals surface area contributed by atoms with Crippen LogP contribution in [0.2, 0.25) is 0 Å². The Morgan fingerprint density at radius 1 is 0.297 bits per heavy atom. The lowest BCUT2D eigenvalue weighted by molar-refractivity contribution is 1.16. The maximum atomic E-state index is 2.52. The van der Waals surface area contributed by atoms with Gasteiger partial charge < -0.3 is 9.13 Å². The molecule has 0 aliphatic heterocycles. The lowest BCUT2D eigenvalue weighted by atomic mass is 10.00. The van der Waals surface area contributed by atoms with E-state index in [0.29, 0.717) is 0 Å². The van der Waals surface area contributed by atoms with Crippen molar-refractivity contribution in [3.05, 3.63) is 243 Å². The molecule has 300 valence electrons. The maximum Gasteiger partial charge on any atom is 0.179 e. The molecule has 0 saturated carbocycles. The molecular formula is C60H40N2SSi. The smallest absolute Gasteiger partial charge is 0.179 e. The van der Waals surface area contributed by atoms with Crippen LogP contribution in [-0.2, 0) is 0 Å². The number of para-hydroxylation sites is 3. The normalized spacial score (nSPS) is 12.1. The summed E-state index contributed by atoms with van der Waals surface area (Å²) >= 11 is 1.89. The predicted molar refractivity (Wildman–Crippen MR) is 277 cm³/mol. The Hall–Kier alpha value is -7.76. The minimum atomic E-state index is -2.78. The maximum absolute atomic E-state index is 2.78. The number of fused-ring (bicyclic) bond motifs is 9. The summed E-state index contributed by atoms with van der Waals surface area (Å²) < 4.78 is 7.66. The number of aromatic nitrogens is 2. The van der Waals surface area contributed by atoms with E-state index in [1.54, 1.807) is 0 Å². The Labute approximate surface area is 376 Å². The van der Waals surface area contributed by atoms with Gasteiger partial charge in [-0.1, -0.05) is 200 Å². The molecular weight excluding hydrogens is 809 g/mol. The van der Waals surface area contributed by atoms with Crippen LogP contribution in [0.15, 0.2) is 243 Å². The van der Waals surface area contributed by atoms with Gasteiger partial charge in [-0.2, -0.15) is 0 Å². The van der Waals surface area contributed by atoms with Gasteiger partial charge in [0.15, 0.2) is 8.07 Å². The van der Waals surface area contributed by atoms with E-state index in [-0.39, 0.29) is 0 Å². The summed E-state index contributed by atoms with van der Waals surface area (Å²) in [6.07, 6.45) is 0. The average Bonchev–Trinajstić information content (AvgIpc) is 4.03. The monoisotopic (exact) mass is 848 g/mol. The van der Waals surface area contributed by atoms with Crippen molar-refractivity contribution < 1.29 is 0 Å². The summed E-state index contributed by atoms with van der Waals surface area (Å²) in [6, 6.07) is 90.5. The summed E-state index contributed by atoms with van der Waals surface area (Å²) in [5, 5.41) is 13.0. The molecule has 0 fully saturated rings. The van der Waals surface area contributed by atoms with E-state index in [9.17, 15) is 0 Å². The van der Waals surface area contributed by atoms with Crippen LogP contribution in [0.3, 0.4) is 0 Å². The van der Waals surface area contributed by atoms with Crippen LogP contribution in [0.5, 0.6) is 0 Å². The first-order valence-corrected chi connectivity index (χ1v) is 24.8. The standard InChI is InChI=1S/C60H40N2SSi/c1-4-20-43(21-5-1)64(44-22-6-2-7-23-44,45-24-8-3-9-25-45)46-26-16-19-41(39-46)61-55-34-13-10-27-47(55)49-38-37-42(40-57(49)61)62-56-35-14-11-28-48(56)51-30-17-31-52(59(51)62)54-33-18-32-53-50-29-12-15-36-58(50)63-60(53)54/h1-40H. The second kappa shape index (κ2) is 14.7. The third kappa shape index (κ3) is 5.43. The van der Waals surface area contributed by atoms with E-state index < -0.39 is 8.07 Å². The first kappa shape index (κ1) is 36.9. The molecule has 3 aromatic heterocycles. The molecule has 13 rings (SSSR count). The lowest BCUT2D eigenvalue weighted by Gasteiger charge is -2.34. The number of nitrogens with zero attached hydrogens (tertiary/aromatic N) is 2. The first-order valence-electron chi connectivity index (χ1n) is 22.0. The molecule has 4 heteroatoms. The minimum Gasteiger partial charge on any atom is -0.309 e. The van der Waals surface area contributed by atoms with Crippen molar-refractivity contribution in [3.63, 3.8) is 0 Å². The van der Waals surface area contributed by atoms with Crippen LogP contribution < -0.4 is 20.7 Å². The zero-order valence-corrected chi connectivity index (χ0v) is 36.7. The fourth-order valence-electron chi connectivity index (χ4n) is 10.8. The molecule has 0 saturated heterocycles. The largest absolute Gasteiger partial charge is 0.309 e. The summed E-state index contributed by atoms with van der Waals surface area (Å²) in [6.45, 7) is 0. The van der Waals surface area contributed by atoms with Crippen LogP contribution in [-0.4, -0.2) is 17.2 Å². The van der Waals surface area contributed by atoms with Gasteiger partial charge in [-0.15, -0.1) is 11.3 Å². The van der Waals surface area contributed by atoms with Crippen molar-refractivity contribution in [1.82, 2.24) is 9.13 Å². The summed E-state index contributed by atoms with van der Waals surface area (Å²) in [5.74, 6) is 0. The molecule has 64 heavy (non-hydrogen) atoms. The highest BCUT2D eigenvalue weighted by Crippen LogP contribution is 2.45. The molecule has 0 spiro atoms. The fourth-order valence-corrected chi connectivity index (χ4v) is 16.8. The molecule has 0 aliphatic carbocycles. The minimum absolute atomic E-state index is 1.14. The number of hydrogen-bond acceptors (Lipinski definition) is 1. The molecule has 0 aliphatic rings. The first-order chi connectivity index (χ1) is 31.8. The van der Waals surface area contributed by atoms with Crippen molar-refractivity contribution in [3.8, 4) is 22.5 Å². The molecule has 13 aromatic rings. The van der Waals surface area contributed by atoms with Gasteiger partial charge in [0.05, 0.1) is 22.1 Å². The molecule has 3 heterocycles. The number of benzene rings is 10. The van der Waals surface area contributed by atoms with E-state index in [1.165, 1.54) is 95.7 Å². The molecule has 0 atom stereocenters. The Morgan fingerprint density at radius 2 is 0.781 bits per heavy atom. The Kier molecular flexibility index (Phi) is 8.45. The average molecular weight is 849 g/mol. The summed E-state index contributed by atoms with van der Waals surface area (Å²) in [4.78, 5) is 0. The van der Waals surface area contributed by atoms with Gasteiger partial charge in [-0.25, -0.2) is 0 Å². The number of thiophene rings is 1. The molecule has 0 N–H and O–H groups in total. The zero-order chi connectivity index (χ0) is 42.2. The van der Waals surface area contributed by atoms with Crippen molar-refractivity contribution in [2.75, 3.05) is 0 Å². The van der Waals surface area contributed by atoms with Crippen molar-refractivity contribution in [2.24, 2.45) is 0 Å². The molecule has 0 radical (unpaired) electrons. The van der Waals surface area contributed by atoms with Crippen LogP contribution in [0, 0.1) is 0 Å². The van der Waals surface area contributed by atoms with Gasteiger partial charge >= 0.3 is 0 Å². The van der Waals surface area contributed by atoms with Gasteiger partial charge in [0.1, 0.15) is 0 Å². The Balaban J connectivity index is 1.08. The third-order valence-corrected chi connectivity index (χ3v) is 19.5. The zero-order valence-electron chi connectivity index (χ0n) is 34.9. The quantitative estimate of drug-likeness (QED) is 0.112. The van der Waals surface area contributed by atoms with E-state index in [2.05, 4.69) is 252 Å². The van der Waals surface area contributed by atoms with Gasteiger partial charge in [0.25, 0.3) is 0 Å². The molecule has 10 aromatic carbocycles. The molecule has 0 bridgehead atoms. The molecule has 0 unspecified atom stereocenters. The highest BCUT2D eigenvalue weighted by Gasteiger charge is 2.41. The Morgan fingerprint density at radius 3 is 1.47 bits per heavy atom. The van der Waals surface area contributed by atoms with Crippen LogP contribution in [0.25, 0.3) is 86.3 Å². The van der Waals surface area contributed by atoms with E-state index >= 15 is 0 Å². The van der Waals surface area contributed by atoms with Gasteiger partial charge in [-0.05, 0) is 63.2 Å². The lowest BCUT2D eigenvalue weighted by Crippen LogP contribution is -2.74. The number of rotatable bonds is 7. The predicted octanol–water partition coefficient (Wildman–Crippen LogP) is 13.3. The topological polar surface area (TPSA) is 9.86 Å². The highest BCUT2D eigenvalue weighted by atomic mass is 32.1. The summed E-state index contributed by atoms with van der Waals surface area (Å²) in [5.41, 5.74) is 9.58. The number of hydrogen-bond donors (Lipinski definition) is 0. The van der Waals surface area contributed by atoms with Gasteiger partial charge in [-0.3, -0.25) is 0 Å². The molecule has 0 amide bonds. The van der Waals surface area contributed by atoms with Crippen LogP contribution in [0.1, 0.15) is 0 Å². The van der Waals surface area contributed by atoms with Gasteiger partial charge in [0, 0.05) is 64.2 Å². The highest BCUT2D eigenvalue weighted by molar-refractivity contribution is 7.26. The van der Waals surface area contributed by atoms with E-state index in [4.69, 9.17) is 0 Å². The van der Waals surface area contributed by atoms with E-state index in [1.807, 2.05) is 11.3 Å². The third-order valence-electron chi connectivity index (χ3n) is 13.5.